The molecule has 3 amide bonds. The SMILES string of the molecule is CCOc1cc(C=C2NC(=O)N(Cc3ccc(Br)cc3)C2=O)cc(Cl)c1OCc1ccccc1C#N. The molecule has 1 fully saturated rings. The smallest absolute Gasteiger partial charge is 0.329 e. The molecule has 3 aromatic rings. The highest BCUT2D eigenvalue weighted by molar-refractivity contribution is 9.10. The maximum absolute atomic E-state index is 12.9. The van der Waals surface area contributed by atoms with Crippen molar-refractivity contribution in [2.24, 2.45) is 0 Å². The molecule has 0 atom stereocenters. The van der Waals surface area contributed by atoms with Gasteiger partial charge in [-0.3, -0.25) is 9.69 Å². The van der Waals surface area contributed by atoms with Gasteiger partial charge in [-0.25, -0.2) is 4.79 Å². The Morgan fingerprint density at radius 1 is 1.11 bits per heavy atom. The van der Waals surface area contributed by atoms with E-state index >= 15 is 0 Å². The maximum Gasteiger partial charge on any atom is 0.329 e. The average molecular weight is 567 g/mol. The number of nitrogens with zero attached hydrogens (tertiary/aromatic N) is 2. The Hall–Kier alpha value is -3.80. The first-order valence-corrected chi connectivity index (χ1v) is 12.2. The van der Waals surface area contributed by atoms with Gasteiger partial charge in [0.15, 0.2) is 11.5 Å². The molecule has 0 saturated carbocycles. The largest absolute Gasteiger partial charge is 0.490 e. The minimum Gasteiger partial charge on any atom is -0.490 e. The van der Waals surface area contributed by atoms with E-state index in [0.717, 1.165) is 20.5 Å². The molecule has 1 saturated heterocycles. The van der Waals surface area contributed by atoms with E-state index in [1.807, 2.05) is 37.3 Å². The fraction of sp³-hybridized carbons (Fsp3) is 0.148. The summed E-state index contributed by atoms with van der Waals surface area (Å²) in [5.74, 6) is 0.271. The monoisotopic (exact) mass is 565 g/mol. The van der Waals surface area contributed by atoms with Crippen LogP contribution in [0.5, 0.6) is 11.5 Å². The number of carbonyl (C=O) groups excluding carboxylic acids is 2. The van der Waals surface area contributed by atoms with Gasteiger partial charge < -0.3 is 14.8 Å². The molecule has 36 heavy (non-hydrogen) atoms. The topological polar surface area (TPSA) is 91.7 Å². The van der Waals surface area contributed by atoms with Gasteiger partial charge in [0, 0.05) is 10.0 Å². The number of rotatable bonds is 8. The Morgan fingerprint density at radius 2 is 1.86 bits per heavy atom. The lowest BCUT2D eigenvalue weighted by Gasteiger charge is -2.15. The van der Waals surface area contributed by atoms with Crippen molar-refractivity contribution in [2.75, 3.05) is 6.61 Å². The van der Waals surface area contributed by atoms with Crippen molar-refractivity contribution in [3.63, 3.8) is 0 Å². The molecule has 1 aliphatic rings. The molecule has 1 heterocycles. The third-order valence-corrected chi connectivity index (χ3v) is 6.18. The molecule has 7 nitrogen and oxygen atoms in total. The molecule has 0 spiro atoms. The zero-order valence-corrected chi connectivity index (χ0v) is 21.6. The zero-order valence-electron chi connectivity index (χ0n) is 19.3. The van der Waals surface area contributed by atoms with Crippen LogP contribution < -0.4 is 14.8 Å². The lowest BCUT2D eigenvalue weighted by Crippen LogP contribution is -2.30. The number of imide groups is 1. The predicted octanol–water partition coefficient (Wildman–Crippen LogP) is 6.04. The van der Waals surface area contributed by atoms with Crippen molar-refractivity contribution in [1.29, 1.82) is 5.26 Å². The van der Waals surface area contributed by atoms with Crippen molar-refractivity contribution in [3.05, 3.63) is 98.1 Å². The highest BCUT2D eigenvalue weighted by Gasteiger charge is 2.33. The number of halogens is 2. The fourth-order valence-corrected chi connectivity index (χ4v) is 4.17. The summed E-state index contributed by atoms with van der Waals surface area (Å²) in [5, 5.41) is 12.2. The second-order valence-corrected chi connectivity index (χ2v) is 9.15. The summed E-state index contributed by atoms with van der Waals surface area (Å²) in [7, 11) is 0. The number of ether oxygens (including phenoxy) is 2. The van der Waals surface area contributed by atoms with Gasteiger partial charge in [-0.15, -0.1) is 0 Å². The Bertz CT molecular complexity index is 1380. The first-order valence-electron chi connectivity index (χ1n) is 11.1. The van der Waals surface area contributed by atoms with E-state index in [2.05, 4.69) is 27.3 Å². The summed E-state index contributed by atoms with van der Waals surface area (Å²) < 4.78 is 12.6. The van der Waals surface area contributed by atoms with Crippen molar-refractivity contribution >= 4 is 45.5 Å². The maximum atomic E-state index is 12.9. The molecule has 0 aromatic heterocycles. The Morgan fingerprint density at radius 3 is 2.58 bits per heavy atom. The Balaban J connectivity index is 1.56. The molecule has 0 bridgehead atoms. The van der Waals surface area contributed by atoms with Crippen LogP contribution in [0.1, 0.15) is 29.2 Å². The van der Waals surface area contributed by atoms with Crippen LogP contribution in [0, 0.1) is 11.3 Å². The van der Waals surface area contributed by atoms with Gasteiger partial charge in [-0.2, -0.15) is 5.26 Å². The standard InChI is InChI=1S/C27H21BrClN3O4/c1-2-35-24-13-18(11-22(29)25(24)36-16-20-6-4-3-5-19(20)14-30)12-23-26(33)32(27(34)31-23)15-17-7-9-21(28)10-8-17/h3-13H,2,15-16H2,1H3,(H,31,34). The van der Waals surface area contributed by atoms with Gasteiger partial charge in [0.25, 0.3) is 5.91 Å². The van der Waals surface area contributed by atoms with Crippen LogP contribution in [-0.2, 0) is 17.9 Å². The second kappa shape index (κ2) is 11.3. The third kappa shape index (κ3) is 5.70. The van der Waals surface area contributed by atoms with Crippen LogP contribution >= 0.6 is 27.5 Å². The predicted molar refractivity (Wildman–Crippen MR) is 139 cm³/mol. The van der Waals surface area contributed by atoms with Crippen LogP contribution in [-0.4, -0.2) is 23.4 Å². The van der Waals surface area contributed by atoms with Crippen LogP contribution in [0.4, 0.5) is 4.79 Å². The van der Waals surface area contributed by atoms with Crippen molar-refractivity contribution < 1.29 is 19.1 Å². The minimum atomic E-state index is -0.499. The summed E-state index contributed by atoms with van der Waals surface area (Å²) in [4.78, 5) is 26.5. The molecule has 1 N–H and O–H groups in total. The lowest BCUT2D eigenvalue weighted by molar-refractivity contribution is -0.123. The van der Waals surface area contributed by atoms with Crippen LogP contribution in [0.2, 0.25) is 5.02 Å². The minimum absolute atomic E-state index is 0.128. The number of nitrogens with one attached hydrogen (secondary N) is 1. The number of amides is 3. The molecule has 4 rings (SSSR count). The Labute approximate surface area is 222 Å². The molecular formula is C27H21BrClN3O4. The summed E-state index contributed by atoms with van der Waals surface area (Å²) in [5.41, 5.74) is 2.74. The average Bonchev–Trinajstić information content (AvgIpc) is 3.12. The van der Waals surface area contributed by atoms with Crippen molar-refractivity contribution in [3.8, 4) is 17.6 Å². The van der Waals surface area contributed by atoms with Crippen LogP contribution in [0.3, 0.4) is 0 Å². The van der Waals surface area contributed by atoms with E-state index in [9.17, 15) is 14.9 Å². The Kier molecular flexibility index (Phi) is 7.93. The van der Waals surface area contributed by atoms with Gasteiger partial charge in [0.1, 0.15) is 12.3 Å². The van der Waals surface area contributed by atoms with Gasteiger partial charge in [-0.05, 0) is 54.5 Å². The normalized spacial score (nSPS) is 14.1. The third-order valence-electron chi connectivity index (χ3n) is 5.37. The molecule has 0 unspecified atom stereocenters. The summed E-state index contributed by atoms with van der Waals surface area (Å²) >= 11 is 9.90. The van der Waals surface area contributed by atoms with Gasteiger partial charge >= 0.3 is 6.03 Å². The van der Waals surface area contributed by atoms with Gasteiger partial charge in [-0.1, -0.05) is 57.9 Å². The van der Waals surface area contributed by atoms with Crippen molar-refractivity contribution in [2.45, 2.75) is 20.1 Å². The highest BCUT2D eigenvalue weighted by atomic mass is 79.9. The molecule has 1 aliphatic heterocycles. The molecule has 9 heteroatoms. The second-order valence-electron chi connectivity index (χ2n) is 7.83. The number of nitriles is 1. The zero-order chi connectivity index (χ0) is 25.7. The van der Waals surface area contributed by atoms with E-state index in [0.29, 0.717) is 29.2 Å². The van der Waals surface area contributed by atoms with Gasteiger partial charge in [0.2, 0.25) is 0 Å². The van der Waals surface area contributed by atoms with E-state index < -0.39 is 11.9 Å². The fourth-order valence-electron chi connectivity index (χ4n) is 3.63. The van der Waals surface area contributed by atoms with Crippen molar-refractivity contribution in [1.82, 2.24) is 10.2 Å². The first-order chi connectivity index (χ1) is 17.4. The highest BCUT2D eigenvalue weighted by Crippen LogP contribution is 2.38. The number of urea groups is 1. The lowest BCUT2D eigenvalue weighted by atomic mass is 10.1. The number of hydrogen-bond donors (Lipinski definition) is 1. The van der Waals surface area contributed by atoms with Crippen LogP contribution in [0.15, 0.2) is 70.8 Å². The van der Waals surface area contributed by atoms with Crippen LogP contribution in [0.25, 0.3) is 6.08 Å². The molecule has 0 radical (unpaired) electrons. The number of carbonyl (C=O) groups is 2. The van der Waals surface area contributed by atoms with E-state index in [4.69, 9.17) is 21.1 Å². The molecule has 0 aliphatic carbocycles. The summed E-state index contributed by atoms with van der Waals surface area (Å²) in [6.45, 7) is 2.47. The first kappa shape index (κ1) is 25.3. The van der Waals surface area contributed by atoms with E-state index in [-0.39, 0.29) is 23.9 Å². The van der Waals surface area contributed by atoms with Gasteiger partial charge in [0.05, 0.1) is 29.8 Å². The quantitative estimate of drug-likeness (QED) is 0.265. The number of hydrogen-bond acceptors (Lipinski definition) is 5. The van der Waals surface area contributed by atoms with E-state index in [1.54, 1.807) is 36.4 Å². The molecular weight excluding hydrogens is 546 g/mol. The summed E-state index contributed by atoms with van der Waals surface area (Å²) in [6.07, 6.45) is 1.55. The number of benzene rings is 3. The molecule has 182 valence electrons. The molecule has 3 aromatic carbocycles. The summed E-state index contributed by atoms with van der Waals surface area (Å²) in [6, 6.07) is 19.5. The van der Waals surface area contributed by atoms with E-state index in [1.165, 1.54) is 0 Å².